The molecule has 2 nitrogen and oxygen atoms in total. The van der Waals surface area contributed by atoms with Gasteiger partial charge in [0.1, 0.15) is 0 Å². The van der Waals surface area contributed by atoms with Gasteiger partial charge in [-0.15, -0.1) is 0 Å². The van der Waals surface area contributed by atoms with Crippen LogP contribution in [0.1, 0.15) is 8.80 Å². The minimum atomic E-state index is -1.58. The van der Waals surface area contributed by atoms with Crippen LogP contribution in [0.4, 0.5) is 0 Å². The highest BCUT2D eigenvalue weighted by molar-refractivity contribution is 5.32. The molecule has 26 valence electrons. The van der Waals surface area contributed by atoms with Gasteiger partial charge in [0.25, 0.3) is 6.45 Å². The number of rotatable bonds is 0. The summed E-state index contributed by atoms with van der Waals surface area (Å²) in [7, 11) is 0. The maximum Gasteiger partial charge on any atom is 0.290 e. The topological polar surface area (TPSA) is 37.3 Å². The second-order valence-electron chi connectivity index (χ2n) is 0.0913. The summed E-state index contributed by atoms with van der Waals surface area (Å²) in [6, 6.07) is 0. The molecule has 0 amide bonds. The highest BCUT2D eigenvalue weighted by Gasteiger charge is 1.22. The molecule has 0 saturated heterocycles. The van der Waals surface area contributed by atoms with E-state index < -0.39 is 6.45 Å². The fourth-order valence-electron chi connectivity index (χ4n) is 0. The summed E-state index contributed by atoms with van der Waals surface area (Å²) in [5, 5.41) is 7.08. The summed E-state index contributed by atoms with van der Waals surface area (Å²) in [6.45, 7) is 0. The molecule has 0 aromatic rings. The second-order valence-corrected chi connectivity index (χ2v) is 0.0913. The molecule has 2 heteroatoms. The van der Waals surface area contributed by atoms with Gasteiger partial charge in [-0.1, -0.05) is 7.43 Å². The first-order chi connectivity index (χ1) is 1.73. The van der Waals surface area contributed by atoms with Crippen LogP contribution < -0.4 is 0 Å². The van der Waals surface area contributed by atoms with E-state index in [1.165, 1.54) is 0 Å². The Hall–Kier alpha value is -0.530. The molecule has 0 heterocycles. The van der Waals surface area contributed by atoms with E-state index in [4.69, 9.17) is 11.3 Å². The molecule has 0 aromatic heterocycles. The van der Waals surface area contributed by atoms with Crippen LogP contribution in [0.5, 0.6) is 0 Å². The molecule has 0 aliphatic rings. The third-order valence-electron chi connectivity index (χ3n) is 0. The van der Waals surface area contributed by atoms with E-state index in [1.807, 2.05) is 0 Å². The molecule has 4 heavy (non-hydrogen) atoms. The summed E-state index contributed by atoms with van der Waals surface area (Å²) >= 11 is 0. The van der Waals surface area contributed by atoms with Crippen LogP contribution in [-0.4, -0.2) is 11.6 Å². The van der Waals surface area contributed by atoms with E-state index >= 15 is 0 Å². The van der Waals surface area contributed by atoms with Gasteiger partial charge in [0.05, 0.1) is 0 Å². The zero-order valence-corrected chi connectivity index (χ0v) is 1.36. The van der Waals surface area contributed by atoms with Crippen molar-refractivity contribution in [2.45, 2.75) is 7.43 Å². The number of hydrogen-bond donors (Lipinski definition) is 1. The zero-order valence-electron chi connectivity index (χ0n) is 2.36. The third kappa shape index (κ3) is 1.16. The van der Waals surface area contributed by atoms with Crippen molar-refractivity contribution in [3.8, 4) is 0 Å². The Bertz CT molecular complexity index is 30.6. The molecule has 0 aliphatic heterocycles. The van der Waals surface area contributed by atoms with Crippen LogP contribution in [0.15, 0.2) is 0 Å². The maximum absolute atomic E-state index is 8.67. The molecule has 0 unspecified atom stereocenters. The molecule has 0 aliphatic carbocycles. The lowest BCUT2D eigenvalue weighted by atomic mass is 11.7. The van der Waals surface area contributed by atoms with Gasteiger partial charge in [-0.3, -0.25) is 4.79 Å². The molecule has 1 N–H and O–H groups in total. The van der Waals surface area contributed by atoms with E-state index in [-0.39, 0.29) is 7.43 Å². The molecule has 0 fully saturated rings. The van der Waals surface area contributed by atoms with Gasteiger partial charge in [0, 0.05) is 0 Å². The smallest absolute Gasteiger partial charge is 0.290 e. The zero-order chi connectivity index (χ0) is 3.58. The molecule has 0 radical (unpaired) electrons. The molecule has 0 atom stereocenters. The summed E-state index contributed by atoms with van der Waals surface area (Å²) in [5.74, 6) is 0. The standard InChI is InChI=1S/CH2O2.CH4/c2-1-3;/h1H,(H,2,3);1H4/i1T;. The highest BCUT2D eigenvalue weighted by atomic mass is 16.3. The average molecular weight is 64.1 g/mol. The van der Waals surface area contributed by atoms with Gasteiger partial charge >= 0.3 is 0 Å². The first-order valence-electron chi connectivity index (χ1n) is 0.928. The van der Waals surface area contributed by atoms with Gasteiger partial charge in [0.2, 0.25) is 0 Å². The predicted octanol–water partition coefficient (Wildman–Crippen LogP) is 0.337. The van der Waals surface area contributed by atoms with E-state index in [0.717, 1.165) is 0 Å². The van der Waals surface area contributed by atoms with Gasteiger partial charge in [-0.05, 0) is 0 Å². The van der Waals surface area contributed by atoms with E-state index in [2.05, 4.69) is 0 Å². The molecule has 0 saturated carbocycles. The van der Waals surface area contributed by atoms with Crippen molar-refractivity contribution in [2.24, 2.45) is 0 Å². The Kier molecular flexibility index (Phi) is 21.0. The molecular weight excluding hydrogens is 56.0 g/mol. The molecule has 0 bridgehead atoms. The Morgan fingerprint density at radius 3 is 2.25 bits per heavy atom. The van der Waals surface area contributed by atoms with Crippen LogP contribution >= 0.6 is 0 Å². The molecule has 0 spiro atoms. The van der Waals surface area contributed by atoms with E-state index in [9.17, 15) is 0 Å². The lowest BCUT2D eigenvalue weighted by molar-refractivity contribution is -0.122. The lowest BCUT2D eigenvalue weighted by Gasteiger charge is -1.34. The lowest BCUT2D eigenvalue weighted by Crippen LogP contribution is -1.49. The van der Waals surface area contributed by atoms with Gasteiger partial charge in [0.15, 0.2) is 1.37 Å². The minimum absolute atomic E-state index is 0. The van der Waals surface area contributed by atoms with Crippen molar-refractivity contribution < 1.29 is 11.3 Å². The normalized spacial score (nSPS) is 6.50. The van der Waals surface area contributed by atoms with Crippen molar-refractivity contribution in [3.63, 3.8) is 0 Å². The molecule has 0 aromatic carbocycles. The fourth-order valence-corrected chi connectivity index (χ4v) is 0. The van der Waals surface area contributed by atoms with Gasteiger partial charge in [-0.2, -0.15) is 0 Å². The molecule has 0 rings (SSSR count). The van der Waals surface area contributed by atoms with Crippen LogP contribution in [-0.2, 0) is 4.79 Å². The minimum Gasteiger partial charge on any atom is -0.483 e. The number of carboxylic acid groups (broad SMARTS) is 1. The Morgan fingerprint density at radius 2 is 2.25 bits per heavy atom. The van der Waals surface area contributed by atoms with Crippen LogP contribution in [0.3, 0.4) is 0 Å². The quantitative estimate of drug-likeness (QED) is 0.412. The SMILES string of the molecule is C.[3H]C(=O)O. The first-order valence-corrected chi connectivity index (χ1v) is 0.428. The van der Waals surface area contributed by atoms with Crippen molar-refractivity contribution in [1.29, 1.82) is 0 Å². The van der Waals surface area contributed by atoms with E-state index in [1.54, 1.807) is 0 Å². The van der Waals surface area contributed by atoms with Crippen LogP contribution in [0.2, 0.25) is 0 Å². The average Bonchev–Trinajstić information content (AvgIpc) is 0.811. The fraction of sp³-hybridized carbons (Fsp3) is 0.500. The first kappa shape index (κ1) is 3.47. The van der Waals surface area contributed by atoms with Crippen molar-refractivity contribution in [2.75, 3.05) is 0 Å². The van der Waals surface area contributed by atoms with Crippen molar-refractivity contribution in [3.05, 3.63) is 0 Å². The third-order valence-corrected chi connectivity index (χ3v) is 0. The summed E-state index contributed by atoms with van der Waals surface area (Å²) in [6.07, 6.45) is -1.58. The number of hydrogen-bond acceptors (Lipinski definition) is 1. The monoisotopic (exact) mass is 64.0 g/mol. The van der Waals surface area contributed by atoms with Crippen LogP contribution in [0.25, 0.3) is 0 Å². The highest BCUT2D eigenvalue weighted by Crippen LogP contribution is 0.966. The largest absolute Gasteiger partial charge is 0.483 e. The summed E-state index contributed by atoms with van der Waals surface area (Å²) in [4.78, 5) is 8.67. The number of carbonyl (C=O) groups is 1. The van der Waals surface area contributed by atoms with E-state index in [0.29, 0.717) is 0 Å². The Morgan fingerprint density at radius 1 is 2.25 bits per heavy atom. The Labute approximate surface area is 26.5 Å². The van der Waals surface area contributed by atoms with Crippen molar-refractivity contribution >= 4 is 6.45 Å². The van der Waals surface area contributed by atoms with Gasteiger partial charge in [-0.25, -0.2) is 0 Å². The maximum atomic E-state index is 8.67. The van der Waals surface area contributed by atoms with Crippen LogP contribution in [0, 0.1) is 0 Å². The summed E-state index contributed by atoms with van der Waals surface area (Å²) < 4.78 is 5.50. The summed E-state index contributed by atoms with van der Waals surface area (Å²) in [5.41, 5.74) is 0. The van der Waals surface area contributed by atoms with Gasteiger partial charge < -0.3 is 5.11 Å². The Balaban J connectivity index is 0. The molecular formula is C2H6O2. The predicted molar refractivity (Wildman–Crippen MR) is 15.4 cm³/mol. The second kappa shape index (κ2) is 24.2. The van der Waals surface area contributed by atoms with Crippen molar-refractivity contribution in [1.82, 2.24) is 0 Å².